The number of benzene rings is 1. The number of carboxylic acids is 1. The fourth-order valence-corrected chi connectivity index (χ4v) is 3.21. The molecule has 8 nitrogen and oxygen atoms in total. The molecule has 0 amide bonds. The molecular formula is C18H21N5O3S. The van der Waals surface area contributed by atoms with E-state index in [1.165, 1.54) is 0 Å². The summed E-state index contributed by atoms with van der Waals surface area (Å²) in [7, 11) is 0. The lowest BCUT2D eigenvalue weighted by molar-refractivity contribution is -0.133. The molecule has 0 saturated heterocycles. The number of nitrogen functional groups attached to an aromatic ring is 1. The van der Waals surface area contributed by atoms with Crippen LogP contribution in [-0.4, -0.2) is 43.0 Å². The van der Waals surface area contributed by atoms with Crippen molar-refractivity contribution >= 4 is 34.7 Å². The van der Waals surface area contributed by atoms with Crippen LogP contribution in [0.4, 0.5) is 5.82 Å². The van der Waals surface area contributed by atoms with Crippen LogP contribution in [0.3, 0.4) is 0 Å². The van der Waals surface area contributed by atoms with E-state index in [0.29, 0.717) is 29.5 Å². The zero-order valence-corrected chi connectivity index (χ0v) is 15.8. The smallest absolute Gasteiger partial charge is 0.320 e. The van der Waals surface area contributed by atoms with Gasteiger partial charge in [0.25, 0.3) is 0 Å². The Morgan fingerprint density at radius 1 is 1.26 bits per heavy atom. The van der Waals surface area contributed by atoms with Gasteiger partial charge in [-0.3, -0.25) is 9.36 Å². The second-order valence-electron chi connectivity index (χ2n) is 5.91. The van der Waals surface area contributed by atoms with Crippen LogP contribution in [0.1, 0.15) is 25.3 Å². The number of rotatable bonds is 9. The zero-order valence-electron chi connectivity index (χ0n) is 15.0. The number of aliphatic carboxylic acids is 1. The van der Waals surface area contributed by atoms with Crippen molar-refractivity contribution < 1.29 is 14.6 Å². The summed E-state index contributed by atoms with van der Waals surface area (Å²) in [6.45, 7) is 3.07. The van der Waals surface area contributed by atoms with Crippen LogP contribution in [-0.2, 0) is 11.3 Å². The Kier molecular flexibility index (Phi) is 6.12. The molecule has 142 valence electrons. The average molecular weight is 387 g/mol. The molecular weight excluding hydrogens is 366 g/mol. The highest BCUT2D eigenvalue weighted by atomic mass is 32.2. The highest BCUT2D eigenvalue weighted by molar-refractivity contribution is 7.99. The minimum absolute atomic E-state index is 0.106. The standard InChI is InChI=1S/C18H21N5O3S/c1-2-3-9-26-17-21-15(19)14-16(22-17)23(10-12-7-5-4-6-8-12)18(20-14)27-11-13(24)25/h4-8H,2-3,9-11H2,1H3,(H,24,25)(H2,19,21,22). The maximum Gasteiger partial charge on any atom is 0.320 e. The Hall–Kier alpha value is -2.81. The number of carbonyl (C=O) groups is 1. The molecule has 0 aliphatic heterocycles. The molecule has 9 heteroatoms. The van der Waals surface area contributed by atoms with Gasteiger partial charge in [0, 0.05) is 0 Å². The summed E-state index contributed by atoms with van der Waals surface area (Å²) in [4.78, 5) is 24.1. The molecule has 2 heterocycles. The van der Waals surface area contributed by atoms with E-state index in [9.17, 15) is 4.79 Å². The molecule has 0 aliphatic carbocycles. The molecule has 0 aliphatic rings. The molecule has 0 fully saturated rings. The monoisotopic (exact) mass is 387 g/mol. The fraction of sp³-hybridized carbons (Fsp3) is 0.333. The number of carboxylic acid groups (broad SMARTS) is 1. The number of unbranched alkanes of at least 4 members (excludes halogenated alkanes) is 1. The van der Waals surface area contributed by atoms with E-state index in [0.717, 1.165) is 30.2 Å². The molecule has 3 rings (SSSR count). The lowest BCUT2D eigenvalue weighted by atomic mass is 10.2. The Balaban J connectivity index is 2.02. The first-order valence-electron chi connectivity index (χ1n) is 8.63. The van der Waals surface area contributed by atoms with Gasteiger partial charge in [-0.1, -0.05) is 55.4 Å². The SMILES string of the molecule is CCCCOc1nc(N)c2nc(SCC(=O)O)n(Cc3ccccc3)c2n1. The summed E-state index contributed by atoms with van der Waals surface area (Å²) >= 11 is 1.12. The number of nitrogens with two attached hydrogens (primary N) is 1. The lowest BCUT2D eigenvalue weighted by Gasteiger charge is -2.09. The highest BCUT2D eigenvalue weighted by Crippen LogP contribution is 2.28. The highest BCUT2D eigenvalue weighted by Gasteiger charge is 2.18. The second-order valence-corrected chi connectivity index (χ2v) is 6.86. The molecule has 2 aromatic heterocycles. The molecule has 0 bridgehead atoms. The normalized spacial score (nSPS) is 11.0. The summed E-state index contributed by atoms with van der Waals surface area (Å²) < 4.78 is 7.45. The van der Waals surface area contributed by atoms with Crippen LogP contribution in [0.2, 0.25) is 0 Å². The van der Waals surface area contributed by atoms with E-state index >= 15 is 0 Å². The van der Waals surface area contributed by atoms with Crippen LogP contribution < -0.4 is 10.5 Å². The maximum absolute atomic E-state index is 11.0. The zero-order chi connectivity index (χ0) is 19.2. The Morgan fingerprint density at radius 3 is 2.74 bits per heavy atom. The van der Waals surface area contributed by atoms with Crippen molar-refractivity contribution in [1.29, 1.82) is 0 Å². The van der Waals surface area contributed by atoms with Gasteiger partial charge >= 0.3 is 12.0 Å². The summed E-state index contributed by atoms with van der Waals surface area (Å²) in [5, 5.41) is 9.55. The minimum Gasteiger partial charge on any atom is -0.481 e. The number of ether oxygens (including phenoxy) is 1. The third kappa shape index (κ3) is 4.68. The van der Waals surface area contributed by atoms with E-state index in [-0.39, 0.29) is 17.6 Å². The predicted molar refractivity (Wildman–Crippen MR) is 104 cm³/mol. The van der Waals surface area contributed by atoms with E-state index in [1.54, 1.807) is 0 Å². The van der Waals surface area contributed by atoms with Gasteiger partial charge in [-0.15, -0.1) is 0 Å². The van der Waals surface area contributed by atoms with Crippen molar-refractivity contribution in [2.75, 3.05) is 18.1 Å². The summed E-state index contributed by atoms with van der Waals surface area (Å²) in [5.41, 5.74) is 8.08. The number of anilines is 1. The molecule has 0 radical (unpaired) electrons. The number of imidazole rings is 1. The molecule has 0 spiro atoms. The van der Waals surface area contributed by atoms with Crippen LogP contribution in [0.5, 0.6) is 6.01 Å². The minimum atomic E-state index is -0.916. The number of hydrogen-bond donors (Lipinski definition) is 2. The van der Waals surface area contributed by atoms with E-state index in [4.69, 9.17) is 15.6 Å². The molecule has 0 saturated carbocycles. The number of hydrogen-bond acceptors (Lipinski definition) is 7. The Morgan fingerprint density at radius 2 is 2.04 bits per heavy atom. The second kappa shape index (κ2) is 8.72. The van der Waals surface area contributed by atoms with Gasteiger partial charge in [-0.05, 0) is 12.0 Å². The maximum atomic E-state index is 11.0. The van der Waals surface area contributed by atoms with Crippen molar-refractivity contribution in [3.05, 3.63) is 35.9 Å². The van der Waals surface area contributed by atoms with E-state index < -0.39 is 5.97 Å². The van der Waals surface area contributed by atoms with Gasteiger partial charge in [0.1, 0.15) is 0 Å². The van der Waals surface area contributed by atoms with Crippen molar-refractivity contribution in [2.24, 2.45) is 0 Å². The Bertz CT molecular complexity index is 930. The van der Waals surface area contributed by atoms with Crippen LogP contribution in [0.15, 0.2) is 35.5 Å². The summed E-state index contributed by atoms with van der Waals surface area (Å²) in [6.07, 6.45) is 1.89. The number of aromatic nitrogens is 4. The third-order valence-corrected chi connectivity index (χ3v) is 4.76. The van der Waals surface area contributed by atoms with Gasteiger partial charge in [0.05, 0.1) is 18.9 Å². The van der Waals surface area contributed by atoms with Crippen LogP contribution >= 0.6 is 11.8 Å². The summed E-state index contributed by atoms with van der Waals surface area (Å²) in [5.74, 6) is -0.804. The molecule has 0 unspecified atom stereocenters. The largest absolute Gasteiger partial charge is 0.481 e. The van der Waals surface area contributed by atoms with Gasteiger partial charge in [-0.25, -0.2) is 4.98 Å². The quantitative estimate of drug-likeness (QED) is 0.425. The number of thioether (sulfide) groups is 1. The lowest BCUT2D eigenvalue weighted by Crippen LogP contribution is -2.07. The molecule has 1 aromatic carbocycles. The molecule has 3 N–H and O–H groups in total. The molecule has 0 atom stereocenters. The van der Waals surface area contributed by atoms with Crippen molar-refractivity contribution in [2.45, 2.75) is 31.5 Å². The molecule has 3 aromatic rings. The van der Waals surface area contributed by atoms with E-state index in [2.05, 4.69) is 21.9 Å². The van der Waals surface area contributed by atoms with Crippen molar-refractivity contribution in [1.82, 2.24) is 19.5 Å². The Labute approximate surface area is 160 Å². The van der Waals surface area contributed by atoms with Gasteiger partial charge in [0.2, 0.25) is 0 Å². The van der Waals surface area contributed by atoms with Crippen LogP contribution in [0.25, 0.3) is 11.2 Å². The predicted octanol–water partition coefficient (Wildman–Crippen LogP) is 2.81. The first-order valence-corrected chi connectivity index (χ1v) is 9.62. The van der Waals surface area contributed by atoms with Gasteiger partial charge in [-0.2, -0.15) is 9.97 Å². The van der Waals surface area contributed by atoms with E-state index in [1.807, 2.05) is 34.9 Å². The first kappa shape index (κ1) is 19.0. The third-order valence-electron chi connectivity index (χ3n) is 3.80. The van der Waals surface area contributed by atoms with Crippen LogP contribution in [0, 0.1) is 0 Å². The number of fused-ring (bicyclic) bond motifs is 1. The average Bonchev–Trinajstić information content (AvgIpc) is 2.99. The molecule has 27 heavy (non-hydrogen) atoms. The summed E-state index contributed by atoms with van der Waals surface area (Å²) in [6, 6.07) is 10.0. The first-order chi connectivity index (χ1) is 13.1. The van der Waals surface area contributed by atoms with Gasteiger partial charge < -0.3 is 15.6 Å². The number of nitrogens with zero attached hydrogens (tertiary/aromatic N) is 4. The van der Waals surface area contributed by atoms with Gasteiger partial charge in [0.15, 0.2) is 22.1 Å². The topological polar surface area (TPSA) is 116 Å². The van der Waals surface area contributed by atoms with Crippen molar-refractivity contribution in [3.63, 3.8) is 0 Å². The van der Waals surface area contributed by atoms with Crippen molar-refractivity contribution in [3.8, 4) is 6.01 Å². The fourth-order valence-electron chi connectivity index (χ4n) is 2.50.